The number of rotatable bonds is 1. The molecule has 0 radical (unpaired) electrons. The van der Waals surface area contributed by atoms with E-state index in [0.29, 0.717) is 0 Å². The minimum absolute atomic E-state index is 0.149. The lowest BCUT2D eigenvalue weighted by molar-refractivity contribution is -0.123. The van der Waals surface area contributed by atoms with Crippen molar-refractivity contribution in [3.63, 3.8) is 0 Å². The molecule has 1 fully saturated rings. The monoisotopic (exact) mass is 240 g/mol. The van der Waals surface area contributed by atoms with E-state index in [1.807, 2.05) is 0 Å². The van der Waals surface area contributed by atoms with Crippen LogP contribution in [0.25, 0.3) is 0 Å². The maximum absolute atomic E-state index is 13.0. The van der Waals surface area contributed by atoms with Crippen LogP contribution in [0.2, 0.25) is 0 Å². The van der Waals surface area contributed by atoms with Gasteiger partial charge in [0.2, 0.25) is 5.91 Å². The Kier molecular flexibility index (Phi) is 2.79. The van der Waals surface area contributed by atoms with Crippen LogP contribution in [0.4, 0.5) is 19.3 Å². The number of urea groups is 1. The Bertz CT molecular complexity index is 490. The third kappa shape index (κ3) is 2.11. The molecule has 90 valence electrons. The van der Waals surface area contributed by atoms with Gasteiger partial charge in [-0.1, -0.05) is 6.92 Å². The van der Waals surface area contributed by atoms with Crippen molar-refractivity contribution in [2.24, 2.45) is 5.92 Å². The normalized spacial score (nSPS) is 20.4. The first-order valence-electron chi connectivity index (χ1n) is 5.06. The molecule has 17 heavy (non-hydrogen) atoms. The molecule has 1 aliphatic rings. The lowest BCUT2D eigenvalue weighted by Gasteiger charge is -2.30. The SMILES string of the molecule is CC1CN(c2ccc(F)c(F)c2)C(=O)NC1=O. The number of amides is 3. The second kappa shape index (κ2) is 4.12. The first-order valence-corrected chi connectivity index (χ1v) is 5.06. The Balaban J connectivity index is 2.30. The van der Waals surface area contributed by atoms with Crippen molar-refractivity contribution in [1.82, 2.24) is 5.32 Å². The molecule has 1 N–H and O–H groups in total. The van der Waals surface area contributed by atoms with Crippen molar-refractivity contribution in [3.05, 3.63) is 29.8 Å². The lowest BCUT2D eigenvalue weighted by Crippen LogP contribution is -2.53. The van der Waals surface area contributed by atoms with Gasteiger partial charge in [0.05, 0.1) is 5.92 Å². The van der Waals surface area contributed by atoms with Gasteiger partial charge in [-0.25, -0.2) is 13.6 Å². The van der Waals surface area contributed by atoms with Crippen LogP contribution in [-0.4, -0.2) is 18.5 Å². The molecule has 6 heteroatoms. The topological polar surface area (TPSA) is 49.4 Å². The summed E-state index contributed by atoms with van der Waals surface area (Å²) in [4.78, 5) is 23.9. The highest BCUT2D eigenvalue weighted by Gasteiger charge is 2.30. The number of nitrogens with one attached hydrogen (secondary N) is 1. The molecule has 0 saturated carbocycles. The number of carbonyl (C=O) groups is 2. The zero-order valence-corrected chi connectivity index (χ0v) is 9.04. The average Bonchev–Trinajstić information content (AvgIpc) is 2.27. The van der Waals surface area contributed by atoms with Crippen molar-refractivity contribution in [1.29, 1.82) is 0 Å². The van der Waals surface area contributed by atoms with Crippen molar-refractivity contribution >= 4 is 17.6 Å². The van der Waals surface area contributed by atoms with Crippen LogP contribution in [0, 0.1) is 17.6 Å². The molecule has 1 aromatic carbocycles. The predicted octanol–water partition coefficient (Wildman–Crippen LogP) is 1.66. The second-order valence-corrected chi connectivity index (χ2v) is 3.90. The maximum atomic E-state index is 13.0. The minimum Gasteiger partial charge on any atom is -0.293 e. The van der Waals surface area contributed by atoms with Crippen LogP contribution in [0.5, 0.6) is 0 Å². The molecule has 1 aromatic rings. The minimum atomic E-state index is -1.03. The van der Waals surface area contributed by atoms with E-state index < -0.39 is 17.7 Å². The van der Waals surface area contributed by atoms with Crippen molar-refractivity contribution in [2.75, 3.05) is 11.4 Å². The van der Waals surface area contributed by atoms with E-state index in [1.54, 1.807) is 6.92 Å². The van der Waals surface area contributed by atoms with Crippen molar-refractivity contribution in [2.45, 2.75) is 6.92 Å². The lowest BCUT2D eigenvalue weighted by atomic mass is 10.1. The Morgan fingerprint density at radius 1 is 1.29 bits per heavy atom. The predicted molar refractivity (Wildman–Crippen MR) is 56.4 cm³/mol. The van der Waals surface area contributed by atoms with E-state index in [0.717, 1.165) is 12.1 Å². The van der Waals surface area contributed by atoms with Crippen LogP contribution in [0.15, 0.2) is 18.2 Å². The van der Waals surface area contributed by atoms with Crippen LogP contribution in [0.3, 0.4) is 0 Å². The molecular formula is C11H10F2N2O2. The first-order chi connectivity index (χ1) is 7.99. The smallest absolute Gasteiger partial charge is 0.293 e. The Labute approximate surface area is 96.2 Å². The molecule has 0 bridgehead atoms. The van der Waals surface area contributed by atoms with Gasteiger partial charge in [-0.05, 0) is 12.1 Å². The van der Waals surface area contributed by atoms with E-state index in [2.05, 4.69) is 5.32 Å². The third-order valence-corrected chi connectivity index (χ3v) is 2.59. The highest BCUT2D eigenvalue weighted by Crippen LogP contribution is 2.21. The summed E-state index contributed by atoms with van der Waals surface area (Å²) in [7, 11) is 0. The van der Waals surface area contributed by atoms with E-state index >= 15 is 0 Å². The van der Waals surface area contributed by atoms with Crippen LogP contribution >= 0.6 is 0 Å². The van der Waals surface area contributed by atoms with E-state index in [4.69, 9.17) is 0 Å². The van der Waals surface area contributed by atoms with Crippen LogP contribution in [-0.2, 0) is 4.79 Å². The molecular weight excluding hydrogens is 230 g/mol. The molecule has 1 aliphatic heterocycles. The van der Waals surface area contributed by atoms with Crippen molar-refractivity contribution < 1.29 is 18.4 Å². The van der Waals surface area contributed by atoms with Gasteiger partial charge in [0.1, 0.15) is 0 Å². The molecule has 0 spiro atoms. The number of anilines is 1. The Morgan fingerprint density at radius 2 is 2.00 bits per heavy atom. The number of benzene rings is 1. The Hall–Kier alpha value is -1.98. The standard InChI is InChI=1S/C11H10F2N2O2/c1-6-5-15(11(17)14-10(6)16)7-2-3-8(12)9(13)4-7/h2-4,6H,5H2,1H3,(H,14,16,17). The number of hydrogen-bond donors (Lipinski definition) is 1. The number of imide groups is 1. The van der Waals surface area contributed by atoms with Gasteiger partial charge in [-0.2, -0.15) is 0 Å². The summed E-state index contributed by atoms with van der Waals surface area (Å²) in [6.07, 6.45) is 0. The van der Waals surface area contributed by atoms with Gasteiger partial charge in [0.25, 0.3) is 0 Å². The van der Waals surface area contributed by atoms with Gasteiger partial charge >= 0.3 is 6.03 Å². The van der Waals surface area contributed by atoms with E-state index in [9.17, 15) is 18.4 Å². The van der Waals surface area contributed by atoms with Gasteiger partial charge in [-0.15, -0.1) is 0 Å². The molecule has 2 rings (SSSR count). The van der Waals surface area contributed by atoms with E-state index in [-0.39, 0.29) is 24.1 Å². The summed E-state index contributed by atoms with van der Waals surface area (Å²) in [5.74, 6) is -2.76. The number of carbonyl (C=O) groups excluding carboxylic acids is 2. The highest BCUT2D eigenvalue weighted by molar-refractivity contribution is 6.06. The average molecular weight is 240 g/mol. The summed E-state index contributed by atoms with van der Waals surface area (Å²) in [6.45, 7) is 1.80. The first kappa shape index (κ1) is 11.5. The van der Waals surface area contributed by atoms with Crippen LogP contribution < -0.4 is 10.2 Å². The van der Waals surface area contributed by atoms with Crippen LogP contribution in [0.1, 0.15) is 6.92 Å². The fraction of sp³-hybridized carbons (Fsp3) is 0.273. The molecule has 4 nitrogen and oxygen atoms in total. The third-order valence-electron chi connectivity index (χ3n) is 2.59. The van der Waals surface area contributed by atoms with Gasteiger partial charge in [0.15, 0.2) is 11.6 Å². The molecule has 0 aliphatic carbocycles. The molecule has 1 saturated heterocycles. The molecule has 3 amide bonds. The fourth-order valence-electron chi connectivity index (χ4n) is 1.61. The summed E-state index contributed by atoms with van der Waals surface area (Å²) in [5.41, 5.74) is 0.223. The van der Waals surface area contributed by atoms with Gasteiger partial charge in [0, 0.05) is 18.3 Å². The Morgan fingerprint density at radius 3 is 2.65 bits per heavy atom. The summed E-state index contributed by atoms with van der Waals surface area (Å²) < 4.78 is 25.8. The zero-order chi connectivity index (χ0) is 12.6. The van der Waals surface area contributed by atoms with E-state index in [1.165, 1.54) is 11.0 Å². The van der Waals surface area contributed by atoms with Gasteiger partial charge < -0.3 is 0 Å². The zero-order valence-electron chi connectivity index (χ0n) is 9.04. The maximum Gasteiger partial charge on any atom is 0.328 e. The molecule has 0 aromatic heterocycles. The van der Waals surface area contributed by atoms with Gasteiger partial charge in [-0.3, -0.25) is 15.0 Å². The molecule has 1 atom stereocenters. The number of nitrogens with zero attached hydrogens (tertiary/aromatic N) is 1. The number of halogens is 2. The largest absolute Gasteiger partial charge is 0.328 e. The second-order valence-electron chi connectivity index (χ2n) is 3.90. The summed E-state index contributed by atoms with van der Waals surface area (Å²) in [6, 6.07) is 2.54. The fourth-order valence-corrected chi connectivity index (χ4v) is 1.61. The molecule has 1 heterocycles. The quantitative estimate of drug-likeness (QED) is 0.811. The molecule has 1 unspecified atom stereocenters. The number of hydrogen-bond acceptors (Lipinski definition) is 2. The van der Waals surface area contributed by atoms with Crippen molar-refractivity contribution in [3.8, 4) is 0 Å². The summed E-state index contributed by atoms with van der Waals surface area (Å²) >= 11 is 0. The summed E-state index contributed by atoms with van der Waals surface area (Å²) in [5, 5.41) is 2.14. The highest BCUT2D eigenvalue weighted by atomic mass is 19.2.